The van der Waals surface area contributed by atoms with Gasteiger partial charge in [0, 0.05) is 52.3 Å². The third kappa shape index (κ3) is 6.43. The molecule has 0 spiro atoms. The number of para-hydroxylation sites is 2. The molecular formula is C52H43N3O. The van der Waals surface area contributed by atoms with E-state index in [1.807, 2.05) is 0 Å². The van der Waals surface area contributed by atoms with Crippen molar-refractivity contribution in [2.45, 2.75) is 32.1 Å². The fourth-order valence-electron chi connectivity index (χ4n) is 8.73. The van der Waals surface area contributed by atoms with Crippen molar-refractivity contribution in [3.63, 3.8) is 0 Å². The third-order valence-electron chi connectivity index (χ3n) is 11.5. The highest BCUT2D eigenvalue weighted by Gasteiger charge is 2.45. The van der Waals surface area contributed by atoms with E-state index in [1.54, 1.807) is 0 Å². The second-order valence-electron chi connectivity index (χ2n) is 15.0. The van der Waals surface area contributed by atoms with E-state index in [4.69, 9.17) is 4.42 Å². The Balaban J connectivity index is 0.955. The summed E-state index contributed by atoms with van der Waals surface area (Å²) in [7, 11) is 0. The molecule has 1 aromatic heterocycles. The Labute approximate surface area is 328 Å². The van der Waals surface area contributed by atoms with Crippen molar-refractivity contribution in [1.82, 2.24) is 10.0 Å². The van der Waals surface area contributed by atoms with Crippen molar-refractivity contribution in [2.24, 2.45) is 5.92 Å². The average molecular weight is 726 g/mol. The first-order valence-electron chi connectivity index (χ1n) is 19.6. The molecule has 4 nitrogen and oxygen atoms in total. The zero-order valence-corrected chi connectivity index (χ0v) is 31.4. The number of nitrogens with one attached hydrogen (secondary N) is 1. The number of anilines is 1. The second kappa shape index (κ2) is 14.6. The zero-order valence-electron chi connectivity index (χ0n) is 31.4. The van der Waals surface area contributed by atoms with E-state index in [2.05, 4.69) is 216 Å². The molecule has 1 N–H and O–H groups in total. The van der Waals surface area contributed by atoms with Gasteiger partial charge >= 0.3 is 0 Å². The first-order chi connectivity index (χ1) is 27.7. The summed E-state index contributed by atoms with van der Waals surface area (Å²) in [6.07, 6.45) is 4.87. The molecule has 7 aromatic carbocycles. The van der Waals surface area contributed by atoms with Gasteiger partial charge in [0.15, 0.2) is 0 Å². The van der Waals surface area contributed by atoms with Crippen LogP contribution in [-0.2, 0) is 13.1 Å². The largest absolute Gasteiger partial charge is 0.455 e. The molecule has 0 radical (unpaired) electrons. The van der Waals surface area contributed by atoms with Gasteiger partial charge in [-0.2, -0.15) is 0 Å². The molecule has 56 heavy (non-hydrogen) atoms. The normalized spacial score (nSPS) is 20.4. The number of hydrazine groups is 1. The van der Waals surface area contributed by atoms with Gasteiger partial charge in [0.25, 0.3) is 0 Å². The minimum atomic E-state index is 0.128. The van der Waals surface area contributed by atoms with Gasteiger partial charge in [0.1, 0.15) is 17.3 Å². The number of fused-ring (bicyclic) bond motifs is 3. The maximum atomic E-state index is 6.88. The number of rotatable bonds is 10. The first-order valence-corrected chi connectivity index (χ1v) is 19.6. The standard InChI is InChI=1S/C52H43N3O/c1-36-43(45-25-15-27-47-46-26-14-24-44(50(46)56-51(45)47)39-20-10-4-11-21-39)32-33-48(49(36)40-22-12-5-13-23-40)53-42-30-28-41(29-31-42)52-54(34-37-16-6-2-7-17-37)55(52)35-38-18-8-3-9-19-38/h2-33,36,43,52-53H,34-35H2,1H3. The fourth-order valence-corrected chi connectivity index (χ4v) is 8.73. The van der Waals surface area contributed by atoms with Crippen LogP contribution in [0.15, 0.2) is 204 Å². The van der Waals surface area contributed by atoms with E-state index < -0.39 is 0 Å². The van der Waals surface area contributed by atoms with Crippen LogP contribution in [0.25, 0.3) is 38.6 Å². The lowest BCUT2D eigenvalue weighted by molar-refractivity contribution is 0.293. The molecule has 0 saturated carbocycles. The van der Waals surface area contributed by atoms with Gasteiger partial charge in [-0.3, -0.25) is 0 Å². The van der Waals surface area contributed by atoms with Crippen molar-refractivity contribution >= 4 is 33.2 Å². The highest BCUT2D eigenvalue weighted by atomic mass is 16.3. The average Bonchev–Trinajstić information content (AvgIpc) is 3.76. The predicted molar refractivity (Wildman–Crippen MR) is 230 cm³/mol. The molecule has 1 aliphatic carbocycles. The summed E-state index contributed by atoms with van der Waals surface area (Å²) in [5.41, 5.74) is 14.0. The summed E-state index contributed by atoms with van der Waals surface area (Å²) in [6, 6.07) is 65.0. The Morgan fingerprint density at radius 1 is 0.536 bits per heavy atom. The van der Waals surface area contributed by atoms with Crippen molar-refractivity contribution in [3.05, 3.63) is 228 Å². The molecule has 272 valence electrons. The Bertz CT molecular complexity index is 2640. The van der Waals surface area contributed by atoms with Crippen LogP contribution in [0.3, 0.4) is 0 Å². The molecular weight excluding hydrogens is 683 g/mol. The Hall–Kier alpha value is -6.46. The van der Waals surface area contributed by atoms with Crippen molar-refractivity contribution < 1.29 is 4.42 Å². The van der Waals surface area contributed by atoms with E-state index >= 15 is 0 Å². The van der Waals surface area contributed by atoms with E-state index in [-0.39, 0.29) is 18.0 Å². The highest BCUT2D eigenvalue weighted by Crippen LogP contribution is 2.47. The lowest BCUT2D eigenvalue weighted by Crippen LogP contribution is -2.18. The fraction of sp³-hybridized carbons (Fsp3) is 0.115. The Kier molecular flexibility index (Phi) is 8.91. The monoisotopic (exact) mass is 725 g/mol. The van der Waals surface area contributed by atoms with E-state index in [0.717, 1.165) is 57.5 Å². The lowest BCUT2D eigenvalue weighted by atomic mass is 9.75. The van der Waals surface area contributed by atoms with Crippen LogP contribution in [0.2, 0.25) is 0 Å². The van der Waals surface area contributed by atoms with Gasteiger partial charge in [-0.15, -0.1) is 0 Å². The second-order valence-corrected chi connectivity index (χ2v) is 15.0. The topological polar surface area (TPSA) is 31.2 Å². The summed E-state index contributed by atoms with van der Waals surface area (Å²) in [4.78, 5) is 0. The smallest absolute Gasteiger partial charge is 0.143 e. The number of hydrogen-bond acceptors (Lipinski definition) is 4. The molecule has 2 aliphatic rings. The van der Waals surface area contributed by atoms with E-state index in [0.29, 0.717) is 0 Å². The molecule has 8 aromatic rings. The Morgan fingerprint density at radius 2 is 1.09 bits per heavy atom. The maximum absolute atomic E-state index is 6.88. The quantitative estimate of drug-likeness (QED) is 0.142. The lowest BCUT2D eigenvalue weighted by Gasteiger charge is -2.31. The number of benzene rings is 7. The van der Waals surface area contributed by atoms with E-state index in [9.17, 15) is 0 Å². The first kappa shape index (κ1) is 34.1. The SMILES string of the molecule is CC1C(c2ccccc2)=C(Nc2ccc(C3N(Cc4ccccc4)N3Cc3ccccc3)cc2)C=CC1c1cccc2c1oc1c(-c3ccccc3)cccc12. The van der Waals surface area contributed by atoms with Gasteiger partial charge in [-0.05, 0) is 57.5 Å². The van der Waals surface area contributed by atoms with Crippen LogP contribution < -0.4 is 5.32 Å². The van der Waals surface area contributed by atoms with Crippen molar-refractivity contribution in [3.8, 4) is 11.1 Å². The molecule has 4 atom stereocenters. The van der Waals surface area contributed by atoms with Gasteiger partial charge in [-0.1, -0.05) is 183 Å². The summed E-state index contributed by atoms with van der Waals surface area (Å²) < 4.78 is 6.88. The summed E-state index contributed by atoms with van der Waals surface area (Å²) >= 11 is 0. The molecule has 0 amide bonds. The van der Waals surface area contributed by atoms with Crippen LogP contribution in [0.1, 0.15) is 46.8 Å². The molecule has 2 heterocycles. The number of furan rings is 1. The number of allylic oxidation sites excluding steroid dienone is 3. The highest BCUT2D eigenvalue weighted by molar-refractivity contribution is 6.10. The van der Waals surface area contributed by atoms with Crippen LogP contribution in [0.4, 0.5) is 5.69 Å². The molecule has 1 saturated heterocycles. The van der Waals surface area contributed by atoms with Gasteiger partial charge in [-0.25, -0.2) is 10.0 Å². The van der Waals surface area contributed by atoms with Crippen molar-refractivity contribution in [2.75, 3.05) is 5.32 Å². The van der Waals surface area contributed by atoms with Gasteiger partial charge in [0.2, 0.25) is 0 Å². The zero-order chi connectivity index (χ0) is 37.4. The third-order valence-corrected chi connectivity index (χ3v) is 11.5. The number of nitrogens with zero attached hydrogens (tertiary/aromatic N) is 2. The summed E-state index contributed by atoms with van der Waals surface area (Å²) in [5.74, 6) is 0.310. The molecule has 0 bridgehead atoms. The minimum absolute atomic E-state index is 0.128. The molecule has 1 fully saturated rings. The van der Waals surface area contributed by atoms with Crippen LogP contribution in [0.5, 0.6) is 0 Å². The molecule has 4 unspecified atom stereocenters. The van der Waals surface area contributed by atoms with E-state index in [1.165, 1.54) is 33.4 Å². The van der Waals surface area contributed by atoms with Crippen LogP contribution in [-0.4, -0.2) is 10.0 Å². The van der Waals surface area contributed by atoms with Crippen LogP contribution in [0, 0.1) is 5.92 Å². The van der Waals surface area contributed by atoms with Crippen molar-refractivity contribution in [1.29, 1.82) is 0 Å². The molecule has 4 heteroatoms. The minimum Gasteiger partial charge on any atom is -0.455 e. The molecule has 10 rings (SSSR count). The predicted octanol–water partition coefficient (Wildman–Crippen LogP) is 13.0. The van der Waals surface area contributed by atoms with Gasteiger partial charge in [0.05, 0.1) is 0 Å². The summed E-state index contributed by atoms with van der Waals surface area (Å²) in [5, 5.41) is 11.1. The van der Waals surface area contributed by atoms with Gasteiger partial charge < -0.3 is 9.73 Å². The maximum Gasteiger partial charge on any atom is 0.143 e. The number of hydrogen-bond donors (Lipinski definition) is 1. The molecule has 1 aliphatic heterocycles. The summed E-state index contributed by atoms with van der Waals surface area (Å²) in [6.45, 7) is 4.12. The van der Waals surface area contributed by atoms with Crippen LogP contribution >= 0.6 is 0 Å². The Morgan fingerprint density at radius 3 is 1.71 bits per heavy atom.